The highest BCUT2D eigenvalue weighted by atomic mass is 35.5. The second-order valence-corrected chi connectivity index (χ2v) is 9.29. The minimum atomic E-state index is 0.0739. The third-order valence-electron chi connectivity index (χ3n) is 6.40. The standard InChI is InChI=1S/C29H32ClNO3/c1-3-33-28-12-9-24(19-25(28)20-34-26-10-11-27(30)21(2)17-26)29(32)31-15-13-23(14-16-31)18-22-7-5-4-6-8-22/h4-12,17,19,23H,3,13-16,18,20H2,1-2H3. The zero-order chi connectivity index (χ0) is 23.9. The summed E-state index contributed by atoms with van der Waals surface area (Å²) < 4.78 is 11.8. The number of carbonyl (C=O) groups excluding carboxylic acids is 1. The summed E-state index contributed by atoms with van der Waals surface area (Å²) in [7, 11) is 0. The number of hydrogen-bond acceptors (Lipinski definition) is 3. The Kier molecular flexibility index (Phi) is 8.12. The van der Waals surface area contributed by atoms with Gasteiger partial charge in [0.2, 0.25) is 0 Å². The topological polar surface area (TPSA) is 38.8 Å². The van der Waals surface area contributed by atoms with Crippen LogP contribution in [0.25, 0.3) is 0 Å². The number of likely N-dealkylation sites (tertiary alicyclic amines) is 1. The third-order valence-corrected chi connectivity index (χ3v) is 6.82. The highest BCUT2D eigenvalue weighted by Gasteiger charge is 2.24. The Hall–Kier alpha value is -2.98. The van der Waals surface area contributed by atoms with Gasteiger partial charge in [-0.25, -0.2) is 0 Å². The number of aryl methyl sites for hydroxylation is 1. The lowest BCUT2D eigenvalue weighted by molar-refractivity contribution is 0.0690. The van der Waals surface area contributed by atoms with Crippen LogP contribution in [0.1, 0.15) is 46.8 Å². The number of amides is 1. The molecule has 0 spiro atoms. The molecule has 0 aliphatic carbocycles. The predicted octanol–water partition coefficient (Wildman–Crippen LogP) is 6.72. The molecule has 0 bridgehead atoms. The van der Waals surface area contributed by atoms with E-state index in [0.717, 1.165) is 55.0 Å². The van der Waals surface area contributed by atoms with E-state index in [1.807, 2.05) is 55.1 Å². The van der Waals surface area contributed by atoms with E-state index in [4.69, 9.17) is 21.1 Å². The van der Waals surface area contributed by atoms with Crippen LogP contribution in [-0.4, -0.2) is 30.5 Å². The molecule has 1 heterocycles. The molecule has 5 heteroatoms. The Bertz CT molecular complexity index is 1110. The van der Waals surface area contributed by atoms with Crippen molar-refractivity contribution in [2.24, 2.45) is 5.92 Å². The number of nitrogens with zero attached hydrogens (tertiary/aromatic N) is 1. The van der Waals surface area contributed by atoms with Crippen LogP contribution >= 0.6 is 11.6 Å². The number of hydrogen-bond donors (Lipinski definition) is 0. The quantitative estimate of drug-likeness (QED) is 0.361. The van der Waals surface area contributed by atoms with E-state index < -0.39 is 0 Å². The largest absolute Gasteiger partial charge is 0.493 e. The molecule has 1 saturated heterocycles. The van der Waals surface area contributed by atoms with Gasteiger partial charge in [-0.05, 0) is 86.6 Å². The van der Waals surface area contributed by atoms with Crippen LogP contribution in [-0.2, 0) is 13.0 Å². The Labute approximate surface area is 207 Å². The number of halogens is 1. The summed E-state index contributed by atoms with van der Waals surface area (Å²) in [6, 6.07) is 21.9. The molecule has 0 radical (unpaired) electrons. The first-order valence-electron chi connectivity index (χ1n) is 12.0. The van der Waals surface area contributed by atoms with Crippen LogP contribution in [0.4, 0.5) is 0 Å². The Morgan fingerprint density at radius 1 is 1.00 bits per heavy atom. The second-order valence-electron chi connectivity index (χ2n) is 8.88. The summed E-state index contributed by atoms with van der Waals surface area (Å²) in [5.41, 5.74) is 3.87. The molecular weight excluding hydrogens is 446 g/mol. The average Bonchev–Trinajstić information content (AvgIpc) is 2.86. The number of carbonyl (C=O) groups is 1. The molecule has 0 saturated carbocycles. The summed E-state index contributed by atoms with van der Waals surface area (Å²) in [5.74, 6) is 2.18. The maximum Gasteiger partial charge on any atom is 0.253 e. The van der Waals surface area contributed by atoms with Gasteiger partial charge >= 0.3 is 0 Å². The van der Waals surface area contributed by atoms with Gasteiger partial charge in [0.05, 0.1) is 6.61 Å². The first kappa shape index (κ1) is 24.2. The Balaban J connectivity index is 1.41. The zero-order valence-electron chi connectivity index (χ0n) is 19.9. The van der Waals surface area contributed by atoms with Crippen molar-refractivity contribution in [2.45, 2.75) is 39.7 Å². The van der Waals surface area contributed by atoms with Crippen molar-refractivity contribution in [1.29, 1.82) is 0 Å². The van der Waals surface area contributed by atoms with Crippen molar-refractivity contribution < 1.29 is 14.3 Å². The molecule has 1 fully saturated rings. The van der Waals surface area contributed by atoms with E-state index in [-0.39, 0.29) is 5.91 Å². The molecule has 1 aliphatic rings. The van der Waals surface area contributed by atoms with E-state index >= 15 is 0 Å². The first-order valence-corrected chi connectivity index (χ1v) is 12.4. The van der Waals surface area contributed by atoms with E-state index in [1.165, 1.54) is 5.56 Å². The van der Waals surface area contributed by atoms with E-state index in [9.17, 15) is 4.79 Å². The number of benzene rings is 3. The van der Waals surface area contributed by atoms with Gasteiger partial charge in [-0.3, -0.25) is 4.79 Å². The summed E-state index contributed by atoms with van der Waals surface area (Å²) in [6.07, 6.45) is 3.14. The molecule has 0 N–H and O–H groups in total. The number of ether oxygens (including phenoxy) is 2. The molecular formula is C29H32ClNO3. The highest BCUT2D eigenvalue weighted by molar-refractivity contribution is 6.31. The van der Waals surface area contributed by atoms with E-state index in [0.29, 0.717) is 29.7 Å². The number of rotatable bonds is 8. The number of piperidine rings is 1. The fraction of sp³-hybridized carbons (Fsp3) is 0.345. The lowest BCUT2D eigenvalue weighted by Crippen LogP contribution is -2.39. The smallest absolute Gasteiger partial charge is 0.253 e. The molecule has 1 aliphatic heterocycles. The van der Waals surface area contributed by atoms with Gasteiger partial charge in [0, 0.05) is 29.2 Å². The Morgan fingerprint density at radius 3 is 2.47 bits per heavy atom. The van der Waals surface area contributed by atoms with Gasteiger partial charge in [-0.1, -0.05) is 41.9 Å². The lowest BCUT2D eigenvalue weighted by atomic mass is 9.90. The summed E-state index contributed by atoms with van der Waals surface area (Å²) in [6.45, 7) is 6.35. The third kappa shape index (κ3) is 6.12. The molecule has 0 atom stereocenters. The SMILES string of the molecule is CCOc1ccc(C(=O)N2CCC(Cc3ccccc3)CC2)cc1COc1ccc(Cl)c(C)c1. The molecule has 1 amide bonds. The van der Waals surface area contributed by atoms with Crippen LogP contribution in [0.5, 0.6) is 11.5 Å². The molecule has 0 unspecified atom stereocenters. The lowest BCUT2D eigenvalue weighted by Gasteiger charge is -2.32. The van der Waals surface area contributed by atoms with Crippen molar-refractivity contribution in [3.63, 3.8) is 0 Å². The second kappa shape index (κ2) is 11.4. The maximum atomic E-state index is 13.3. The van der Waals surface area contributed by atoms with E-state index in [1.54, 1.807) is 0 Å². The summed E-state index contributed by atoms with van der Waals surface area (Å²) in [5, 5.41) is 0.711. The molecule has 3 aromatic carbocycles. The van der Waals surface area contributed by atoms with Crippen LogP contribution in [0.3, 0.4) is 0 Å². The minimum absolute atomic E-state index is 0.0739. The molecule has 178 valence electrons. The van der Waals surface area contributed by atoms with Crippen molar-refractivity contribution >= 4 is 17.5 Å². The van der Waals surface area contributed by atoms with Gasteiger partial charge in [0.25, 0.3) is 5.91 Å². The fourth-order valence-electron chi connectivity index (χ4n) is 4.46. The molecule has 34 heavy (non-hydrogen) atoms. The maximum absolute atomic E-state index is 13.3. The zero-order valence-corrected chi connectivity index (χ0v) is 20.7. The average molecular weight is 478 g/mol. The van der Waals surface area contributed by atoms with Gasteiger partial charge in [-0.2, -0.15) is 0 Å². The van der Waals surface area contributed by atoms with Gasteiger partial charge in [0.1, 0.15) is 18.1 Å². The minimum Gasteiger partial charge on any atom is -0.493 e. The van der Waals surface area contributed by atoms with Gasteiger partial charge < -0.3 is 14.4 Å². The van der Waals surface area contributed by atoms with Crippen molar-refractivity contribution in [2.75, 3.05) is 19.7 Å². The van der Waals surface area contributed by atoms with Gasteiger partial charge in [0.15, 0.2) is 0 Å². The highest BCUT2D eigenvalue weighted by Crippen LogP contribution is 2.27. The van der Waals surface area contributed by atoms with Crippen molar-refractivity contribution in [1.82, 2.24) is 4.90 Å². The Morgan fingerprint density at radius 2 is 1.76 bits per heavy atom. The van der Waals surface area contributed by atoms with Crippen molar-refractivity contribution in [3.8, 4) is 11.5 Å². The van der Waals surface area contributed by atoms with Crippen molar-refractivity contribution in [3.05, 3.63) is 94.0 Å². The molecule has 3 aromatic rings. The molecule has 0 aromatic heterocycles. The summed E-state index contributed by atoms with van der Waals surface area (Å²) >= 11 is 6.13. The van der Waals surface area contributed by atoms with E-state index in [2.05, 4.69) is 30.3 Å². The van der Waals surface area contributed by atoms with Crippen LogP contribution in [0, 0.1) is 12.8 Å². The van der Waals surface area contributed by atoms with Gasteiger partial charge in [-0.15, -0.1) is 0 Å². The monoisotopic (exact) mass is 477 g/mol. The van der Waals surface area contributed by atoms with Crippen LogP contribution in [0.15, 0.2) is 66.7 Å². The first-order chi connectivity index (χ1) is 16.5. The van der Waals surface area contributed by atoms with Crippen LogP contribution < -0.4 is 9.47 Å². The predicted molar refractivity (Wildman–Crippen MR) is 137 cm³/mol. The fourth-order valence-corrected chi connectivity index (χ4v) is 4.58. The van der Waals surface area contributed by atoms with Crippen LogP contribution in [0.2, 0.25) is 5.02 Å². The molecule has 4 nitrogen and oxygen atoms in total. The summed E-state index contributed by atoms with van der Waals surface area (Å²) in [4.78, 5) is 15.2. The normalized spacial score (nSPS) is 14.1. The molecule has 4 rings (SSSR count).